The first-order chi connectivity index (χ1) is 6.75. The summed E-state index contributed by atoms with van der Waals surface area (Å²) >= 11 is 0. The van der Waals surface area contributed by atoms with Crippen molar-refractivity contribution in [2.75, 3.05) is 0 Å². The molecule has 2 rings (SSSR count). The van der Waals surface area contributed by atoms with Crippen LogP contribution >= 0.6 is 0 Å². The minimum absolute atomic E-state index is 1.11. The molecule has 0 N–H and O–H groups in total. The zero-order valence-corrected chi connectivity index (χ0v) is 9.01. The van der Waals surface area contributed by atoms with Gasteiger partial charge >= 0.3 is 0 Å². The van der Waals surface area contributed by atoms with E-state index in [1.165, 1.54) is 36.8 Å². The van der Waals surface area contributed by atoms with E-state index < -0.39 is 0 Å². The molecule has 0 atom stereocenters. The van der Waals surface area contributed by atoms with Crippen molar-refractivity contribution in [3.63, 3.8) is 0 Å². The third-order valence-electron chi connectivity index (χ3n) is 2.89. The fourth-order valence-electron chi connectivity index (χ4n) is 2.00. The van der Waals surface area contributed by atoms with Crippen molar-refractivity contribution in [2.45, 2.75) is 39.5 Å². The van der Waals surface area contributed by atoms with Gasteiger partial charge in [-0.15, -0.1) is 0 Å². The molecular weight excluding hydrogens is 170 g/mol. The van der Waals surface area contributed by atoms with Crippen molar-refractivity contribution in [2.24, 2.45) is 0 Å². The summed E-state index contributed by atoms with van der Waals surface area (Å²) in [5.41, 5.74) is 5.36. The van der Waals surface area contributed by atoms with Gasteiger partial charge in [-0.2, -0.15) is 0 Å². The van der Waals surface area contributed by atoms with Gasteiger partial charge in [-0.1, -0.05) is 11.6 Å². The molecule has 1 heteroatoms. The average molecular weight is 187 g/mol. The van der Waals surface area contributed by atoms with Gasteiger partial charge in [0.1, 0.15) is 0 Å². The second-order valence-corrected chi connectivity index (χ2v) is 4.19. The van der Waals surface area contributed by atoms with E-state index in [0.717, 1.165) is 5.69 Å². The molecule has 1 heterocycles. The molecule has 0 aromatic carbocycles. The van der Waals surface area contributed by atoms with E-state index in [-0.39, 0.29) is 0 Å². The molecule has 0 aliphatic heterocycles. The molecule has 0 amide bonds. The minimum atomic E-state index is 1.11. The number of aromatic nitrogens is 1. The molecule has 1 saturated carbocycles. The topological polar surface area (TPSA) is 12.9 Å². The molecule has 0 unspecified atom stereocenters. The van der Waals surface area contributed by atoms with Gasteiger partial charge in [-0.25, -0.2) is 0 Å². The van der Waals surface area contributed by atoms with Crippen LogP contribution in [0.25, 0.3) is 6.08 Å². The molecule has 0 spiro atoms. The third kappa shape index (κ3) is 2.03. The van der Waals surface area contributed by atoms with Crippen molar-refractivity contribution in [3.8, 4) is 0 Å². The van der Waals surface area contributed by atoms with Gasteiger partial charge in [-0.05, 0) is 56.7 Å². The molecule has 0 bridgehead atoms. The Labute approximate surface area is 85.9 Å². The molecule has 1 aromatic heterocycles. The van der Waals surface area contributed by atoms with Crippen LogP contribution in [0.1, 0.15) is 42.5 Å². The highest BCUT2D eigenvalue weighted by Gasteiger charge is 2.07. The number of allylic oxidation sites excluding steroid dienone is 1. The van der Waals surface area contributed by atoms with Gasteiger partial charge in [0.2, 0.25) is 0 Å². The fraction of sp³-hybridized carbons (Fsp3) is 0.462. The molecule has 0 saturated heterocycles. The van der Waals surface area contributed by atoms with Crippen molar-refractivity contribution in [1.29, 1.82) is 0 Å². The Morgan fingerprint density at radius 3 is 2.64 bits per heavy atom. The summed E-state index contributed by atoms with van der Waals surface area (Å²) in [5, 5.41) is 0. The monoisotopic (exact) mass is 187 g/mol. The molecule has 1 aliphatic rings. The average Bonchev–Trinajstić information content (AvgIpc) is 2.64. The third-order valence-corrected chi connectivity index (χ3v) is 2.89. The second kappa shape index (κ2) is 3.95. The molecule has 74 valence electrons. The Bertz CT molecular complexity index is 355. The highest BCUT2D eigenvalue weighted by atomic mass is 14.7. The summed E-state index contributed by atoms with van der Waals surface area (Å²) in [6.07, 6.45) is 9.65. The minimum Gasteiger partial charge on any atom is -0.261 e. The van der Waals surface area contributed by atoms with Crippen LogP contribution in [0.3, 0.4) is 0 Å². The molecule has 1 aromatic rings. The zero-order valence-electron chi connectivity index (χ0n) is 9.01. The lowest BCUT2D eigenvalue weighted by atomic mass is 10.1. The number of nitrogens with zero attached hydrogens (tertiary/aromatic N) is 1. The van der Waals surface area contributed by atoms with E-state index in [1.54, 1.807) is 5.57 Å². The summed E-state index contributed by atoms with van der Waals surface area (Å²) in [6.45, 7) is 4.18. The molecule has 1 fully saturated rings. The van der Waals surface area contributed by atoms with E-state index >= 15 is 0 Å². The van der Waals surface area contributed by atoms with E-state index in [0.29, 0.717) is 0 Å². The fourth-order valence-corrected chi connectivity index (χ4v) is 2.00. The SMILES string of the molecule is Cc1cc(C=C2CCCC2)c(C)cn1. The zero-order chi connectivity index (χ0) is 9.97. The van der Waals surface area contributed by atoms with Crippen LogP contribution in [0.2, 0.25) is 0 Å². The van der Waals surface area contributed by atoms with Crippen LogP contribution in [-0.2, 0) is 0 Å². The van der Waals surface area contributed by atoms with Gasteiger partial charge in [0.25, 0.3) is 0 Å². The Hall–Kier alpha value is -1.11. The van der Waals surface area contributed by atoms with Crippen molar-refractivity contribution >= 4 is 6.08 Å². The van der Waals surface area contributed by atoms with Gasteiger partial charge in [0.05, 0.1) is 0 Å². The summed E-state index contributed by atoms with van der Waals surface area (Å²) in [7, 11) is 0. The standard InChI is InChI=1S/C13H17N/c1-10-9-14-11(2)7-13(10)8-12-5-3-4-6-12/h7-9H,3-6H2,1-2H3. The Kier molecular flexibility index (Phi) is 2.67. The first kappa shape index (κ1) is 9.45. The normalized spacial score (nSPS) is 16.0. The lowest BCUT2D eigenvalue weighted by molar-refractivity contribution is 0.886. The Balaban J connectivity index is 2.31. The predicted molar refractivity (Wildman–Crippen MR) is 60.2 cm³/mol. The highest BCUT2D eigenvalue weighted by Crippen LogP contribution is 2.26. The summed E-state index contributed by atoms with van der Waals surface area (Å²) in [4.78, 5) is 4.28. The maximum Gasteiger partial charge on any atom is 0.0378 e. The van der Waals surface area contributed by atoms with Gasteiger partial charge in [0.15, 0.2) is 0 Å². The molecule has 1 aliphatic carbocycles. The number of aryl methyl sites for hydroxylation is 2. The Morgan fingerprint density at radius 1 is 1.21 bits per heavy atom. The van der Waals surface area contributed by atoms with Crippen LogP contribution in [-0.4, -0.2) is 4.98 Å². The Morgan fingerprint density at radius 2 is 1.93 bits per heavy atom. The van der Waals surface area contributed by atoms with Crippen LogP contribution in [0.15, 0.2) is 17.8 Å². The number of hydrogen-bond acceptors (Lipinski definition) is 1. The van der Waals surface area contributed by atoms with Crippen molar-refractivity contribution in [1.82, 2.24) is 4.98 Å². The van der Waals surface area contributed by atoms with Gasteiger partial charge in [-0.3, -0.25) is 4.98 Å². The summed E-state index contributed by atoms with van der Waals surface area (Å²) in [5.74, 6) is 0. The first-order valence-corrected chi connectivity index (χ1v) is 5.38. The van der Waals surface area contributed by atoms with E-state index in [4.69, 9.17) is 0 Å². The molecule has 14 heavy (non-hydrogen) atoms. The van der Waals surface area contributed by atoms with Crippen LogP contribution in [0.5, 0.6) is 0 Å². The van der Waals surface area contributed by atoms with E-state index in [2.05, 4.69) is 31.0 Å². The second-order valence-electron chi connectivity index (χ2n) is 4.19. The smallest absolute Gasteiger partial charge is 0.0378 e. The lowest BCUT2D eigenvalue weighted by Crippen LogP contribution is -1.87. The number of pyridine rings is 1. The molecule has 1 nitrogen and oxygen atoms in total. The predicted octanol–water partition coefficient (Wildman–Crippen LogP) is 3.66. The quantitative estimate of drug-likeness (QED) is 0.654. The van der Waals surface area contributed by atoms with E-state index in [1.807, 2.05) is 6.20 Å². The highest BCUT2D eigenvalue weighted by molar-refractivity contribution is 5.56. The van der Waals surface area contributed by atoms with Crippen LogP contribution in [0.4, 0.5) is 0 Å². The largest absolute Gasteiger partial charge is 0.261 e. The first-order valence-electron chi connectivity index (χ1n) is 5.38. The van der Waals surface area contributed by atoms with Gasteiger partial charge in [0, 0.05) is 11.9 Å². The van der Waals surface area contributed by atoms with E-state index in [9.17, 15) is 0 Å². The lowest BCUT2D eigenvalue weighted by Gasteiger charge is -2.02. The molecular formula is C13H17N. The van der Waals surface area contributed by atoms with Crippen molar-refractivity contribution in [3.05, 3.63) is 34.7 Å². The van der Waals surface area contributed by atoms with Crippen molar-refractivity contribution < 1.29 is 0 Å². The van der Waals surface area contributed by atoms with Gasteiger partial charge < -0.3 is 0 Å². The number of rotatable bonds is 1. The van der Waals surface area contributed by atoms with Crippen LogP contribution < -0.4 is 0 Å². The maximum absolute atomic E-state index is 4.28. The summed E-state index contributed by atoms with van der Waals surface area (Å²) in [6, 6.07) is 2.18. The summed E-state index contributed by atoms with van der Waals surface area (Å²) < 4.78 is 0. The molecule has 0 radical (unpaired) electrons. The number of hydrogen-bond donors (Lipinski definition) is 0. The maximum atomic E-state index is 4.28. The van der Waals surface area contributed by atoms with Crippen LogP contribution in [0, 0.1) is 13.8 Å².